The smallest absolute Gasteiger partial charge is 0.390 e. The zero-order chi connectivity index (χ0) is 33.2. The third-order valence-electron chi connectivity index (χ3n) is 9.99. The molecule has 1 amide bonds. The van der Waals surface area contributed by atoms with Crippen LogP contribution in [-0.2, 0) is 29.0 Å². The lowest BCUT2D eigenvalue weighted by atomic mass is 9.67. The van der Waals surface area contributed by atoms with Crippen LogP contribution in [0, 0.1) is 0 Å². The maximum atomic E-state index is 14.0. The first-order valence-corrected chi connectivity index (χ1v) is 15.8. The van der Waals surface area contributed by atoms with Gasteiger partial charge in [-0.05, 0) is 93.2 Å². The van der Waals surface area contributed by atoms with E-state index in [1.807, 2.05) is 48.5 Å². The van der Waals surface area contributed by atoms with E-state index in [1.165, 1.54) is 12.5 Å². The minimum absolute atomic E-state index is 0.0928. The molecule has 248 valence electrons. The number of hydrogen-bond acceptors (Lipinski definition) is 3. The average molecular weight is 647 g/mol. The van der Waals surface area contributed by atoms with Gasteiger partial charge in [0.25, 0.3) is 0 Å². The number of piperidine rings is 1. The van der Waals surface area contributed by atoms with Gasteiger partial charge in [-0.25, -0.2) is 0 Å². The number of aliphatic hydroxyl groups is 1. The molecule has 1 saturated heterocycles. The van der Waals surface area contributed by atoms with Gasteiger partial charge in [0.05, 0.1) is 28.2 Å². The monoisotopic (exact) mass is 646 g/mol. The topological polar surface area (TPSA) is 52.6 Å². The lowest BCUT2D eigenvalue weighted by Crippen LogP contribution is -2.53. The summed E-state index contributed by atoms with van der Waals surface area (Å²) in [5, 5.41) is 14.0. The van der Waals surface area contributed by atoms with E-state index in [0.29, 0.717) is 57.1 Å². The Balaban J connectivity index is 1.27. The van der Waals surface area contributed by atoms with Gasteiger partial charge in [-0.2, -0.15) is 26.3 Å². The molecule has 5 rings (SSSR count). The fraction of sp³-hybridized carbons (Fsp3) is 0.472. The van der Waals surface area contributed by atoms with Crippen LogP contribution >= 0.6 is 0 Å². The number of carbonyl (C=O) groups is 1. The molecule has 4 nitrogen and oxygen atoms in total. The van der Waals surface area contributed by atoms with Gasteiger partial charge in [0.15, 0.2) is 0 Å². The number of amides is 1. The summed E-state index contributed by atoms with van der Waals surface area (Å²) in [6, 6.07) is 19.8. The predicted octanol–water partition coefficient (Wildman–Crippen LogP) is 8.24. The van der Waals surface area contributed by atoms with Gasteiger partial charge in [-0.15, -0.1) is 0 Å². The van der Waals surface area contributed by atoms with Crippen LogP contribution in [0.5, 0.6) is 0 Å². The lowest BCUT2D eigenvalue weighted by molar-refractivity contribution is -0.143. The molecule has 0 radical (unpaired) electrons. The van der Waals surface area contributed by atoms with Crippen LogP contribution in [0.4, 0.5) is 26.3 Å². The Morgan fingerprint density at radius 3 is 1.89 bits per heavy atom. The number of hydrogen-bond donors (Lipinski definition) is 2. The average Bonchev–Trinajstić information content (AvgIpc) is 3.04. The maximum absolute atomic E-state index is 14.0. The van der Waals surface area contributed by atoms with E-state index in [-0.39, 0.29) is 17.7 Å². The summed E-state index contributed by atoms with van der Waals surface area (Å²) in [4.78, 5) is 16.4. The first-order chi connectivity index (χ1) is 21.7. The molecule has 1 aliphatic heterocycles. The van der Waals surface area contributed by atoms with Crippen molar-refractivity contribution >= 4 is 5.91 Å². The SMILES string of the molecule is CC(NC(=O)C1(c2ccccc2)CCC(N2CCC(O)(CCc3ccccc3)CC2)CC1)c1cc(C(F)(F)F)cc(C(F)(F)F)c1. The largest absolute Gasteiger partial charge is 0.416 e. The van der Waals surface area contributed by atoms with Crippen molar-refractivity contribution in [2.24, 2.45) is 0 Å². The molecule has 1 atom stereocenters. The summed E-state index contributed by atoms with van der Waals surface area (Å²) < 4.78 is 81.0. The van der Waals surface area contributed by atoms with Crippen molar-refractivity contribution in [3.8, 4) is 0 Å². The highest BCUT2D eigenvalue weighted by atomic mass is 19.4. The van der Waals surface area contributed by atoms with Crippen LogP contribution < -0.4 is 5.32 Å². The molecule has 0 aromatic heterocycles. The number of nitrogens with zero attached hydrogens (tertiary/aromatic N) is 1. The highest BCUT2D eigenvalue weighted by Crippen LogP contribution is 2.43. The maximum Gasteiger partial charge on any atom is 0.416 e. The summed E-state index contributed by atoms with van der Waals surface area (Å²) in [7, 11) is 0. The van der Waals surface area contributed by atoms with Crippen LogP contribution in [-0.4, -0.2) is 40.6 Å². The fourth-order valence-corrected chi connectivity index (χ4v) is 7.09. The van der Waals surface area contributed by atoms with E-state index in [2.05, 4.69) is 22.3 Å². The summed E-state index contributed by atoms with van der Waals surface area (Å²) in [6.45, 7) is 2.90. The first-order valence-electron chi connectivity index (χ1n) is 15.8. The quantitative estimate of drug-likeness (QED) is 0.243. The minimum atomic E-state index is -4.98. The van der Waals surface area contributed by atoms with E-state index in [4.69, 9.17) is 0 Å². The Bertz CT molecular complexity index is 1430. The standard InChI is InChI=1S/C36H40F6N2O2/c1-25(27-22-29(35(37,38)39)24-30(23-27)36(40,41)42)43-32(45)34(28-10-6-3-7-11-28)16-13-31(14-17-34)44-20-18-33(46,19-21-44)15-12-26-8-4-2-5-9-26/h2-11,22-25,31,46H,12-21H2,1H3,(H,43,45). The van der Waals surface area contributed by atoms with Crippen LogP contribution in [0.1, 0.15) is 85.7 Å². The molecule has 3 aromatic carbocycles. The van der Waals surface area contributed by atoms with Gasteiger partial charge in [0.2, 0.25) is 5.91 Å². The summed E-state index contributed by atoms with van der Waals surface area (Å²) in [5.41, 5.74) is -2.82. The second kappa shape index (κ2) is 13.4. The summed E-state index contributed by atoms with van der Waals surface area (Å²) in [5.74, 6) is -0.412. The van der Waals surface area contributed by atoms with Crippen molar-refractivity contribution in [2.45, 2.75) is 93.7 Å². The molecule has 2 fully saturated rings. The molecule has 10 heteroatoms. The molecular formula is C36H40F6N2O2. The Labute approximate surface area is 265 Å². The van der Waals surface area contributed by atoms with Crippen molar-refractivity contribution in [2.75, 3.05) is 13.1 Å². The second-order valence-corrected chi connectivity index (χ2v) is 13.0. The molecule has 1 saturated carbocycles. The number of benzene rings is 3. The normalized spacial score (nSPS) is 23.1. The first kappa shape index (κ1) is 34.0. The van der Waals surface area contributed by atoms with Crippen LogP contribution in [0.25, 0.3) is 0 Å². The Kier molecular flexibility index (Phi) is 9.89. The van der Waals surface area contributed by atoms with E-state index in [0.717, 1.165) is 25.1 Å². The number of rotatable bonds is 8. The Morgan fingerprint density at radius 2 is 1.37 bits per heavy atom. The highest BCUT2D eigenvalue weighted by molar-refractivity contribution is 5.88. The third kappa shape index (κ3) is 7.77. The van der Waals surface area contributed by atoms with Crippen LogP contribution in [0.2, 0.25) is 0 Å². The van der Waals surface area contributed by atoms with Crippen molar-refractivity contribution in [3.05, 3.63) is 107 Å². The van der Waals surface area contributed by atoms with Crippen LogP contribution in [0.15, 0.2) is 78.9 Å². The van der Waals surface area contributed by atoms with E-state index in [1.54, 1.807) is 0 Å². The van der Waals surface area contributed by atoms with Gasteiger partial charge >= 0.3 is 12.4 Å². The van der Waals surface area contributed by atoms with Crippen LogP contribution in [0.3, 0.4) is 0 Å². The zero-order valence-corrected chi connectivity index (χ0v) is 25.8. The molecule has 0 bridgehead atoms. The molecule has 1 heterocycles. The van der Waals surface area contributed by atoms with Crippen molar-refractivity contribution in [1.82, 2.24) is 10.2 Å². The third-order valence-corrected chi connectivity index (χ3v) is 9.99. The lowest BCUT2D eigenvalue weighted by Gasteiger charge is -2.46. The van der Waals surface area contributed by atoms with Gasteiger partial charge in [0, 0.05) is 19.1 Å². The van der Waals surface area contributed by atoms with Gasteiger partial charge in [-0.3, -0.25) is 4.79 Å². The van der Waals surface area contributed by atoms with E-state index in [9.17, 15) is 36.2 Å². The van der Waals surface area contributed by atoms with Crippen molar-refractivity contribution in [3.63, 3.8) is 0 Å². The molecule has 46 heavy (non-hydrogen) atoms. The number of nitrogens with one attached hydrogen (secondary N) is 1. The molecule has 0 spiro atoms. The molecule has 1 aliphatic carbocycles. The number of carbonyl (C=O) groups excluding carboxylic acids is 1. The molecule has 2 aliphatic rings. The number of alkyl halides is 6. The minimum Gasteiger partial charge on any atom is -0.390 e. The summed E-state index contributed by atoms with van der Waals surface area (Å²) >= 11 is 0. The van der Waals surface area contributed by atoms with Crippen molar-refractivity contribution < 1.29 is 36.2 Å². The molecule has 1 unspecified atom stereocenters. The van der Waals surface area contributed by atoms with E-state index < -0.39 is 46.4 Å². The fourth-order valence-electron chi connectivity index (χ4n) is 7.09. The summed E-state index contributed by atoms with van der Waals surface area (Å²) in [6.07, 6.45) is -4.78. The highest BCUT2D eigenvalue weighted by Gasteiger charge is 2.46. The Hall–Kier alpha value is -3.37. The zero-order valence-electron chi connectivity index (χ0n) is 25.8. The number of likely N-dealkylation sites (tertiary alicyclic amines) is 1. The van der Waals surface area contributed by atoms with Gasteiger partial charge in [0.1, 0.15) is 0 Å². The molecule has 3 aromatic rings. The second-order valence-electron chi connectivity index (χ2n) is 13.0. The number of aryl methyl sites for hydroxylation is 1. The molecule has 2 N–H and O–H groups in total. The van der Waals surface area contributed by atoms with Gasteiger partial charge < -0.3 is 15.3 Å². The number of halogens is 6. The predicted molar refractivity (Wildman–Crippen MR) is 164 cm³/mol. The van der Waals surface area contributed by atoms with Gasteiger partial charge in [-0.1, -0.05) is 60.7 Å². The van der Waals surface area contributed by atoms with Crippen molar-refractivity contribution in [1.29, 1.82) is 0 Å². The van der Waals surface area contributed by atoms with E-state index >= 15 is 0 Å². The molecular weight excluding hydrogens is 606 g/mol. The Morgan fingerprint density at radius 1 is 0.848 bits per heavy atom.